The van der Waals surface area contributed by atoms with Crippen LogP contribution < -0.4 is 10.1 Å². The summed E-state index contributed by atoms with van der Waals surface area (Å²) in [7, 11) is 0. The molecule has 3 heteroatoms. The predicted molar refractivity (Wildman–Crippen MR) is 52.7 cm³/mol. The van der Waals surface area contributed by atoms with E-state index in [-0.39, 0.29) is 12.0 Å². The molecule has 0 bridgehead atoms. The van der Waals surface area contributed by atoms with Gasteiger partial charge in [-0.25, -0.2) is 4.39 Å². The minimum atomic E-state index is -0.292. The smallest absolute Gasteiger partial charge is 0.165 e. The summed E-state index contributed by atoms with van der Waals surface area (Å²) in [6.45, 7) is 0.957. The minimum Gasteiger partial charge on any atom is -0.472 e. The third-order valence-electron chi connectivity index (χ3n) is 2.37. The predicted octanol–water partition coefficient (Wildman–Crippen LogP) is 2.30. The summed E-state index contributed by atoms with van der Waals surface area (Å²) in [5.41, 5.74) is 0. The molecule has 1 atom stereocenters. The highest BCUT2D eigenvalue weighted by Crippen LogP contribution is 2.19. The molecule has 1 aromatic carbocycles. The number of hydrogen-bond donors (Lipinski definition) is 1. The molecule has 1 N–H and O–H groups in total. The average Bonchev–Trinajstić information content (AvgIpc) is 2.23. The second-order valence-electron chi connectivity index (χ2n) is 3.49. The Bertz CT molecular complexity index is 297. The van der Waals surface area contributed by atoms with Crippen LogP contribution >= 0.6 is 0 Å². The molecular weight excluding hydrogens is 181 g/mol. The molecule has 0 radical (unpaired) electrons. The molecule has 1 fully saturated rings. The fourth-order valence-electron chi connectivity index (χ4n) is 1.61. The molecule has 1 aliphatic rings. The Morgan fingerprint density at radius 2 is 2.14 bits per heavy atom. The number of hydrogen-bond acceptors (Lipinski definition) is 2. The molecule has 1 aromatic rings. The van der Waals surface area contributed by atoms with Crippen LogP contribution in [0, 0.1) is 5.82 Å². The average molecular weight is 195 g/mol. The van der Waals surface area contributed by atoms with Crippen LogP contribution in [-0.2, 0) is 0 Å². The highest BCUT2D eigenvalue weighted by molar-refractivity contribution is 5.23. The van der Waals surface area contributed by atoms with Crippen molar-refractivity contribution < 1.29 is 9.13 Å². The first-order valence-electron chi connectivity index (χ1n) is 5.01. The third-order valence-corrected chi connectivity index (χ3v) is 2.37. The molecule has 0 aliphatic carbocycles. The number of piperidine rings is 1. The van der Waals surface area contributed by atoms with Crippen LogP contribution in [0.15, 0.2) is 24.3 Å². The summed E-state index contributed by atoms with van der Waals surface area (Å²) in [6.07, 6.45) is 3.25. The van der Waals surface area contributed by atoms with Crippen molar-refractivity contribution in [3.05, 3.63) is 30.1 Å². The van der Waals surface area contributed by atoms with Crippen molar-refractivity contribution in [2.45, 2.75) is 25.5 Å². The van der Waals surface area contributed by atoms with Gasteiger partial charge in [-0.2, -0.15) is 0 Å². The van der Waals surface area contributed by atoms with Gasteiger partial charge in [-0.3, -0.25) is 5.32 Å². The SMILES string of the molecule is Fc1ccccc1OC1CCCCN1. The zero-order valence-electron chi connectivity index (χ0n) is 8.00. The Hall–Kier alpha value is -1.09. The van der Waals surface area contributed by atoms with Crippen LogP contribution in [0.3, 0.4) is 0 Å². The van der Waals surface area contributed by atoms with Crippen LogP contribution in [0.25, 0.3) is 0 Å². The Kier molecular flexibility index (Phi) is 2.99. The van der Waals surface area contributed by atoms with Crippen molar-refractivity contribution in [1.82, 2.24) is 5.32 Å². The maximum Gasteiger partial charge on any atom is 0.165 e. The number of ether oxygens (including phenoxy) is 1. The topological polar surface area (TPSA) is 21.3 Å². The normalized spacial score (nSPS) is 21.9. The first-order valence-corrected chi connectivity index (χ1v) is 5.01. The molecule has 1 heterocycles. The van der Waals surface area contributed by atoms with Gasteiger partial charge in [-0.1, -0.05) is 12.1 Å². The van der Waals surface area contributed by atoms with Crippen molar-refractivity contribution in [1.29, 1.82) is 0 Å². The lowest BCUT2D eigenvalue weighted by Gasteiger charge is -2.24. The number of nitrogens with one attached hydrogen (secondary N) is 1. The summed E-state index contributed by atoms with van der Waals surface area (Å²) in [5, 5.41) is 3.21. The number of benzene rings is 1. The van der Waals surface area contributed by atoms with Gasteiger partial charge in [0.1, 0.15) is 6.23 Å². The zero-order chi connectivity index (χ0) is 9.80. The Morgan fingerprint density at radius 1 is 1.29 bits per heavy atom. The summed E-state index contributed by atoms with van der Waals surface area (Å²) in [4.78, 5) is 0. The van der Waals surface area contributed by atoms with E-state index in [0.29, 0.717) is 5.75 Å². The number of para-hydroxylation sites is 1. The molecular formula is C11H14FNO. The largest absolute Gasteiger partial charge is 0.472 e. The minimum absolute atomic E-state index is 0.0272. The van der Waals surface area contributed by atoms with Crippen molar-refractivity contribution in [2.24, 2.45) is 0 Å². The van der Waals surface area contributed by atoms with E-state index in [0.717, 1.165) is 19.4 Å². The highest BCUT2D eigenvalue weighted by Gasteiger charge is 2.14. The summed E-state index contributed by atoms with van der Waals surface area (Å²) in [6, 6.07) is 6.52. The summed E-state index contributed by atoms with van der Waals surface area (Å²) >= 11 is 0. The fraction of sp³-hybridized carbons (Fsp3) is 0.455. The fourth-order valence-corrected chi connectivity index (χ4v) is 1.61. The van der Waals surface area contributed by atoms with Gasteiger partial charge >= 0.3 is 0 Å². The zero-order valence-corrected chi connectivity index (χ0v) is 8.00. The first-order chi connectivity index (χ1) is 6.86. The van der Waals surface area contributed by atoms with Gasteiger partial charge in [-0.05, 0) is 37.9 Å². The summed E-state index contributed by atoms with van der Waals surface area (Å²) in [5.74, 6) is 0.0479. The molecule has 1 aliphatic heterocycles. The molecule has 0 aromatic heterocycles. The van der Waals surface area contributed by atoms with Gasteiger partial charge in [0.05, 0.1) is 0 Å². The second kappa shape index (κ2) is 4.42. The van der Waals surface area contributed by atoms with Crippen LogP contribution in [0.5, 0.6) is 5.75 Å². The molecule has 2 nitrogen and oxygen atoms in total. The standard InChI is InChI=1S/C11H14FNO/c12-9-5-1-2-6-10(9)14-11-7-3-4-8-13-11/h1-2,5-6,11,13H,3-4,7-8H2. The van der Waals surface area contributed by atoms with Gasteiger partial charge < -0.3 is 4.74 Å². The van der Waals surface area contributed by atoms with Crippen LogP contribution in [-0.4, -0.2) is 12.8 Å². The highest BCUT2D eigenvalue weighted by atomic mass is 19.1. The molecule has 0 spiro atoms. The molecule has 0 amide bonds. The number of rotatable bonds is 2. The molecule has 14 heavy (non-hydrogen) atoms. The molecule has 1 unspecified atom stereocenters. The lowest BCUT2D eigenvalue weighted by atomic mass is 10.1. The van der Waals surface area contributed by atoms with E-state index in [1.807, 2.05) is 0 Å². The van der Waals surface area contributed by atoms with Gasteiger partial charge in [0.25, 0.3) is 0 Å². The quantitative estimate of drug-likeness (QED) is 0.781. The maximum absolute atomic E-state index is 13.2. The molecule has 2 rings (SSSR count). The van der Waals surface area contributed by atoms with Gasteiger partial charge in [-0.15, -0.1) is 0 Å². The van der Waals surface area contributed by atoms with Gasteiger partial charge in [0, 0.05) is 0 Å². The van der Waals surface area contributed by atoms with Crippen LogP contribution in [0.1, 0.15) is 19.3 Å². The van der Waals surface area contributed by atoms with Gasteiger partial charge in [0.15, 0.2) is 11.6 Å². The maximum atomic E-state index is 13.2. The Labute approximate surface area is 83.1 Å². The van der Waals surface area contributed by atoms with Gasteiger partial charge in [0.2, 0.25) is 0 Å². The number of halogens is 1. The van der Waals surface area contributed by atoms with E-state index in [4.69, 9.17) is 4.74 Å². The van der Waals surface area contributed by atoms with Crippen molar-refractivity contribution in [3.8, 4) is 5.75 Å². The third kappa shape index (κ3) is 2.23. The molecule has 0 saturated carbocycles. The van der Waals surface area contributed by atoms with Crippen molar-refractivity contribution in [3.63, 3.8) is 0 Å². The van der Waals surface area contributed by atoms with E-state index in [2.05, 4.69) is 5.32 Å². The van der Waals surface area contributed by atoms with E-state index in [1.54, 1.807) is 18.2 Å². The first kappa shape index (κ1) is 9.46. The second-order valence-corrected chi connectivity index (χ2v) is 3.49. The van der Waals surface area contributed by atoms with E-state index in [9.17, 15) is 4.39 Å². The van der Waals surface area contributed by atoms with Crippen LogP contribution in [0.2, 0.25) is 0 Å². The Balaban J connectivity index is 1.99. The molecule has 1 saturated heterocycles. The monoisotopic (exact) mass is 195 g/mol. The summed E-state index contributed by atoms with van der Waals surface area (Å²) < 4.78 is 18.7. The molecule has 76 valence electrons. The lowest BCUT2D eigenvalue weighted by molar-refractivity contribution is 0.127. The van der Waals surface area contributed by atoms with Crippen molar-refractivity contribution in [2.75, 3.05) is 6.54 Å². The van der Waals surface area contributed by atoms with Crippen molar-refractivity contribution >= 4 is 0 Å². The Morgan fingerprint density at radius 3 is 2.86 bits per heavy atom. The lowest BCUT2D eigenvalue weighted by Crippen LogP contribution is -2.38. The van der Waals surface area contributed by atoms with E-state index >= 15 is 0 Å². The van der Waals surface area contributed by atoms with Crippen LogP contribution in [0.4, 0.5) is 4.39 Å². The van der Waals surface area contributed by atoms with E-state index < -0.39 is 0 Å². The van der Waals surface area contributed by atoms with E-state index in [1.165, 1.54) is 12.5 Å².